The van der Waals surface area contributed by atoms with Crippen LogP contribution in [0.1, 0.15) is 18.1 Å². The first-order chi connectivity index (χ1) is 11.6. The Hall–Kier alpha value is -2.75. The average Bonchev–Trinajstić information content (AvgIpc) is 3.00. The Morgan fingerprint density at radius 2 is 1.92 bits per heavy atom. The number of para-hydroxylation sites is 1. The molecular weight excluding hydrogens is 300 g/mol. The van der Waals surface area contributed by atoms with Crippen LogP contribution in [0.3, 0.4) is 0 Å². The molecule has 0 spiro atoms. The summed E-state index contributed by atoms with van der Waals surface area (Å²) in [6.07, 6.45) is 2.27. The van der Waals surface area contributed by atoms with Gasteiger partial charge in [-0.05, 0) is 44.0 Å². The molecule has 0 saturated carbocycles. The van der Waals surface area contributed by atoms with Crippen molar-refractivity contribution >= 4 is 16.8 Å². The Balaban J connectivity index is 1.50. The summed E-state index contributed by atoms with van der Waals surface area (Å²) in [5, 5.41) is 4.14. The highest BCUT2D eigenvalue weighted by molar-refractivity contribution is 5.83. The average molecular weight is 322 g/mol. The van der Waals surface area contributed by atoms with Gasteiger partial charge in [-0.2, -0.15) is 0 Å². The van der Waals surface area contributed by atoms with Gasteiger partial charge < -0.3 is 15.0 Å². The molecular formula is C20H22N2O2. The minimum atomic E-state index is -0.518. The fraction of sp³-hybridized carbons (Fsp3) is 0.250. The van der Waals surface area contributed by atoms with Crippen LogP contribution in [0.4, 0.5) is 0 Å². The van der Waals surface area contributed by atoms with Gasteiger partial charge in [0, 0.05) is 23.6 Å². The molecule has 2 N–H and O–H groups in total. The van der Waals surface area contributed by atoms with E-state index in [9.17, 15) is 4.79 Å². The van der Waals surface area contributed by atoms with Gasteiger partial charge in [0.1, 0.15) is 5.75 Å². The molecule has 0 unspecified atom stereocenters. The van der Waals surface area contributed by atoms with Gasteiger partial charge in [-0.3, -0.25) is 4.79 Å². The van der Waals surface area contributed by atoms with Crippen LogP contribution in [0.2, 0.25) is 0 Å². The van der Waals surface area contributed by atoms with E-state index < -0.39 is 6.10 Å². The van der Waals surface area contributed by atoms with E-state index in [1.807, 2.05) is 49.5 Å². The topological polar surface area (TPSA) is 54.1 Å². The number of hydrogen-bond donors (Lipinski definition) is 2. The minimum Gasteiger partial charge on any atom is -0.481 e. The van der Waals surface area contributed by atoms with E-state index in [2.05, 4.69) is 22.4 Å². The Labute approximate surface area is 141 Å². The van der Waals surface area contributed by atoms with Gasteiger partial charge in [0.2, 0.25) is 0 Å². The van der Waals surface area contributed by atoms with Gasteiger partial charge in [0.25, 0.3) is 5.91 Å². The Bertz CT molecular complexity index is 821. The van der Waals surface area contributed by atoms with Crippen LogP contribution in [-0.4, -0.2) is 23.5 Å². The number of aromatic amines is 1. The zero-order valence-corrected chi connectivity index (χ0v) is 14.0. The van der Waals surface area contributed by atoms with Crippen molar-refractivity contribution < 1.29 is 9.53 Å². The first-order valence-electron chi connectivity index (χ1n) is 8.19. The van der Waals surface area contributed by atoms with E-state index in [0.717, 1.165) is 17.5 Å². The third kappa shape index (κ3) is 3.77. The van der Waals surface area contributed by atoms with Gasteiger partial charge in [-0.25, -0.2) is 0 Å². The summed E-state index contributed by atoms with van der Waals surface area (Å²) in [7, 11) is 0. The fourth-order valence-corrected chi connectivity index (χ4v) is 2.68. The van der Waals surface area contributed by atoms with E-state index in [0.29, 0.717) is 12.3 Å². The Morgan fingerprint density at radius 1 is 1.17 bits per heavy atom. The second kappa shape index (κ2) is 7.21. The lowest BCUT2D eigenvalue weighted by molar-refractivity contribution is -0.127. The van der Waals surface area contributed by atoms with Gasteiger partial charge in [0.15, 0.2) is 6.10 Å². The monoisotopic (exact) mass is 322 g/mol. The maximum atomic E-state index is 12.2. The van der Waals surface area contributed by atoms with Crippen molar-refractivity contribution in [2.24, 2.45) is 0 Å². The van der Waals surface area contributed by atoms with Crippen LogP contribution < -0.4 is 10.1 Å². The smallest absolute Gasteiger partial charge is 0.260 e. The quantitative estimate of drug-likeness (QED) is 0.728. The number of carbonyl (C=O) groups excluding carboxylic acids is 1. The van der Waals surface area contributed by atoms with Gasteiger partial charge in [0.05, 0.1) is 0 Å². The van der Waals surface area contributed by atoms with Crippen molar-refractivity contribution in [2.45, 2.75) is 26.4 Å². The molecule has 1 atom stereocenters. The molecule has 1 heterocycles. The molecule has 0 aliphatic heterocycles. The Kier molecular flexibility index (Phi) is 4.85. The lowest BCUT2D eigenvalue weighted by Crippen LogP contribution is -2.37. The number of H-pyrrole nitrogens is 1. The molecule has 3 aromatic rings. The molecule has 4 nitrogen and oxygen atoms in total. The first kappa shape index (κ1) is 16.1. The van der Waals surface area contributed by atoms with Crippen molar-refractivity contribution in [2.75, 3.05) is 6.54 Å². The van der Waals surface area contributed by atoms with Crippen LogP contribution in [0, 0.1) is 6.92 Å². The number of nitrogens with one attached hydrogen (secondary N) is 2. The number of benzene rings is 2. The summed E-state index contributed by atoms with van der Waals surface area (Å²) in [6, 6.07) is 15.9. The van der Waals surface area contributed by atoms with Crippen molar-refractivity contribution in [3.63, 3.8) is 0 Å². The van der Waals surface area contributed by atoms with Crippen molar-refractivity contribution in [3.8, 4) is 5.75 Å². The molecule has 0 fully saturated rings. The minimum absolute atomic E-state index is 0.101. The van der Waals surface area contributed by atoms with Gasteiger partial charge in [-0.15, -0.1) is 0 Å². The number of rotatable bonds is 6. The third-order valence-electron chi connectivity index (χ3n) is 4.07. The number of aromatic nitrogens is 1. The highest BCUT2D eigenvalue weighted by Crippen LogP contribution is 2.17. The van der Waals surface area contributed by atoms with E-state index in [4.69, 9.17) is 4.74 Å². The van der Waals surface area contributed by atoms with Crippen molar-refractivity contribution in [1.29, 1.82) is 0 Å². The molecule has 0 bridgehead atoms. The number of aryl methyl sites for hydroxylation is 1. The Morgan fingerprint density at radius 3 is 2.71 bits per heavy atom. The molecule has 0 aliphatic carbocycles. The second-order valence-corrected chi connectivity index (χ2v) is 5.97. The summed E-state index contributed by atoms with van der Waals surface area (Å²) in [4.78, 5) is 15.4. The molecule has 124 valence electrons. The van der Waals surface area contributed by atoms with Gasteiger partial charge >= 0.3 is 0 Å². The van der Waals surface area contributed by atoms with Crippen molar-refractivity contribution in [1.82, 2.24) is 10.3 Å². The molecule has 1 aromatic heterocycles. The summed E-state index contributed by atoms with van der Waals surface area (Å²) >= 11 is 0. The third-order valence-corrected chi connectivity index (χ3v) is 4.07. The van der Waals surface area contributed by atoms with Crippen LogP contribution in [0.5, 0.6) is 5.75 Å². The highest BCUT2D eigenvalue weighted by Gasteiger charge is 2.14. The molecule has 0 radical (unpaired) electrons. The van der Waals surface area contributed by atoms with Crippen LogP contribution in [0.15, 0.2) is 54.7 Å². The zero-order valence-electron chi connectivity index (χ0n) is 14.0. The molecule has 4 heteroatoms. The normalized spacial score (nSPS) is 12.1. The molecule has 24 heavy (non-hydrogen) atoms. The maximum absolute atomic E-state index is 12.2. The number of fused-ring (bicyclic) bond motifs is 1. The number of carbonyl (C=O) groups is 1. The van der Waals surface area contributed by atoms with Gasteiger partial charge in [-0.1, -0.05) is 35.9 Å². The highest BCUT2D eigenvalue weighted by atomic mass is 16.5. The lowest BCUT2D eigenvalue weighted by Gasteiger charge is -2.14. The second-order valence-electron chi connectivity index (χ2n) is 5.97. The SMILES string of the molecule is Cc1ccc(O[C@@H](C)C(=O)NCCc2c[nH]c3ccccc23)cc1. The molecule has 0 aliphatic rings. The van der Waals surface area contributed by atoms with Crippen LogP contribution in [-0.2, 0) is 11.2 Å². The molecule has 3 rings (SSSR count). The van der Waals surface area contributed by atoms with E-state index >= 15 is 0 Å². The van der Waals surface area contributed by atoms with E-state index in [-0.39, 0.29) is 5.91 Å². The number of ether oxygens (including phenoxy) is 1. The van der Waals surface area contributed by atoms with Crippen LogP contribution >= 0.6 is 0 Å². The maximum Gasteiger partial charge on any atom is 0.260 e. The zero-order chi connectivity index (χ0) is 16.9. The van der Waals surface area contributed by atoms with E-state index in [1.54, 1.807) is 6.92 Å². The predicted molar refractivity (Wildman–Crippen MR) is 96.3 cm³/mol. The summed E-state index contributed by atoms with van der Waals surface area (Å²) in [5.74, 6) is 0.607. The summed E-state index contributed by atoms with van der Waals surface area (Å²) in [5.41, 5.74) is 3.49. The van der Waals surface area contributed by atoms with E-state index in [1.165, 1.54) is 10.9 Å². The summed E-state index contributed by atoms with van der Waals surface area (Å²) < 4.78 is 5.67. The fourth-order valence-electron chi connectivity index (χ4n) is 2.68. The molecule has 0 saturated heterocycles. The van der Waals surface area contributed by atoms with Crippen molar-refractivity contribution in [3.05, 3.63) is 65.9 Å². The summed E-state index contributed by atoms with van der Waals surface area (Å²) in [6.45, 7) is 4.37. The molecule has 1 amide bonds. The molecule has 2 aromatic carbocycles. The lowest BCUT2D eigenvalue weighted by atomic mass is 10.1. The van der Waals surface area contributed by atoms with Crippen LogP contribution in [0.25, 0.3) is 10.9 Å². The predicted octanol–water partition coefficient (Wildman–Crippen LogP) is 3.60. The number of amides is 1. The first-order valence-corrected chi connectivity index (χ1v) is 8.19. The standard InChI is InChI=1S/C20H22N2O2/c1-14-7-9-17(10-8-14)24-15(2)20(23)21-12-11-16-13-22-19-6-4-3-5-18(16)19/h3-10,13,15,22H,11-12H2,1-2H3,(H,21,23)/t15-/m0/s1. The number of hydrogen-bond acceptors (Lipinski definition) is 2. The largest absolute Gasteiger partial charge is 0.481 e.